The zero-order chi connectivity index (χ0) is 11.4. The zero-order valence-corrected chi connectivity index (χ0v) is 9.16. The maximum absolute atomic E-state index is 10.7. The minimum absolute atomic E-state index is 0.462. The number of thiol groups is 1. The Morgan fingerprint density at radius 1 is 1.60 bits per heavy atom. The van der Waals surface area contributed by atoms with Crippen LogP contribution in [0.15, 0.2) is 23.1 Å². The van der Waals surface area contributed by atoms with Gasteiger partial charge in [-0.05, 0) is 24.6 Å². The summed E-state index contributed by atoms with van der Waals surface area (Å²) in [5.41, 5.74) is 1.65. The van der Waals surface area contributed by atoms with Gasteiger partial charge in [0, 0.05) is 10.6 Å². The van der Waals surface area contributed by atoms with E-state index in [0.29, 0.717) is 10.6 Å². The molecule has 3 N–H and O–H groups in total. The van der Waals surface area contributed by atoms with Crippen LogP contribution in [0.3, 0.4) is 0 Å². The molecule has 0 aliphatic heterocycles. The first-order valence-corrected chi connectivity index (χ1v) is 4.89. The Balaban J connectivity index is 2.84. The number of benzene rings is 1. The summed E-state index contributed by atoms with van der Waals surface area (Å²) in [6, 6.07) is 4.40. The van der Waals surface area contributed by atoms with Crippen LogP contribution in [-0.4, -0.2) is 28.8 Å². The lowest BCUT2D eigenvalue weighted by atomic mass is 10.2. The number of rotatable bonds is 4. The van der Waals surface area contributed by atoms with Crippen molar-refractivity contribution in [3.63, 3.8) is 0 Å². The molecule has 1 rings (SSSR count). The van der Waals surface area contributed by atoms with E-state index in [4.69, 9.17) is 10.2 Å². The summed E-state index contributed by atoms with van der Waals surface area (Å²) in [6.45, 7) is 1.46. The van der Waals surface area contributed by atoms with Crippen molar-refractivity contribution in [2.75, 3.05) is 11.9 Å². The summed E-state index contributed by atoms with van der Waals surface area (Å²) >= 11 is 4.21. The van der Waals surface area contributed by atoms with Gasteiger partial charge in [-0.25, -0.2) is 4.79 Å². The van der Waals surface area contributed by atoms with Gasteiger partial charge >= 0.3 is 5.97 Å². The Kier molecular flexibility index (Phi) is 3.99. The highest BCUT2D eigenvalue weighted by atomic mass is 32.1. The second-order valence-electron chi connectivity index (χ2n) is 3.24. The molecule has 0 aliphatic rings. The van der Waals surface area contributed by atoms with E-state index in [1.54, 1.807) is 6.07 Å². The van der Waals surface area contributed by atoms with Gasteiger partial charge in [0.15, 0.2) is 0 Å². The van der Waals surface area contributed by atoms with E-state index in [2.05, 4.69) is 17.9 Å². The second kappa shape index (κ2) is 5.04. The number of aliphatic hydroxyl groups excluding tert-OH is 1. The monoisotopic (exact) mass is 227 g/mol. The normalized spacial score (nSPS) is 12.2. The van der Waals surface area contributed by atoms with Crippen molar-refractivity contribution in [2.45, 2.75) is 17.9 Å². The van der Waals surface area contributed by atoms with E-state index >= 15 is 0 Å². The van der Waals surface area contributed by atoms with Crippen molar-refractivity contribution in [1.29, 1.82) is 0 Å². The SMILES string of the molecule is Cc1ccc(NC(CO)C(=O)O)c(S)c1. The first-order valence-electron chi connectivity index (χ1n) is 4.44. The van der Waals surface area contributed by atoms with Crippen LogP contribution in [0.25, 0.3) is 0 Å². The Morgan fingerprint density at radius 2 is 2.27 bits per heavy atom. The number of aliphatic hydroxyl groups is 1. The van der Waals surface area contributed by atoms with Crippen molar-refractivity contribution in [3.05, 3.63) is 23.8 Å². The maximum Gasteiger partial charge on any atom is 0.328 e. The summed E-state index contributed by atoms with van der Waals surface area (Å²) in [6.07, 6.45) is 0. The number of hydrogen-bond donors (Lipinski definition) is 4. The van der Waals surface area contributed by atoms with Gasteiger partial charge in [0.2, 0.25) is 0 Å². The van der Waals surface area contributed by atoms with E-state index in [1.165, 1.54) is 0 Å². The molecule has 0 saturated heterocycles. The van der Waals surface area contributed by atoms with Gasteiger partial charge in [0.25, 0.3) is 0 Å². The number of aryl methyl sites for hydroxylation is 1. The molecule has 0 radical (unpaired) electrons. The quantitative estimate of drug-likeness (QED) is 0.582. The average Bonchev–Trinajstić information content (AvgIpc) is 2.16. The predicted octanol–water partition coefficient (Wildman–Crippen LogP) is 1.14. The number of carboxylic acids is 1. The largest absolute Gasteiger partial charge is 0.480 e. The lowest BCUT2D eigenvalue weighted by molar-refractivity contribution is -0.138. The molecule has 82 valence electrons. The summed E-state index contributed by atoms with van der Waals surface area (Å²) in [7, 11) is 0. The summed E-state index contributed by atoms with van der Waals surface area (Å²) in [5, 5.41) is 20.3. The Labute approximate surface area is 93.3 Å². The molecule has 0 aliphatic carbocycles. The topological polar surface area (TPSA) is 69.6 Å². The molecule has 5 heteroatoms. The van der Waals surface area contributed by atoms with Crippen molar-refractivity contribution in [1.82, 2.24) is 0 Å². The molecule has 4 nitrogen and oxygen atoms in total. The molecule has 1 aromatic carbocycles. The second-order valence-corrected chi connectivity index (χ2v) is 3.72. The van der Waals surface area contributed by atoms with E-state index in [1.807, 2.05) is 19.1 Å². The Morgan fingerprint density at radius 3 is 2.73 bits per heavy atom. The highest BCUT2D eigenvalue weighted by Gasteiger charge is 2.16. The lowest BCUT2D eigenvalue weighted by Gasteiger charge is -2.14. The van der Waals surface area contributed by atoms with Gasteiger partial charge in [-0.3, -0.25) is 0 Å². The number of aliphatic carboxylic acids is 1. The lowest BCUT2D eigenvalue weighted by Crippen LogP contribution is -2.32. The van der Waals surface area contributed by atoms with Crippen LogP contribution in [0.5, 0.6) is 0 Å². The third-order valence-corrected chi connectivity index (χ3v) is 2.33. The molecule has 15 heavy (non-hydrogen) atoms. The van der Waals surface area contributed by atoms with Crippen LogP contribution in [0.1, 0.15) is 5.56 Å². The smallest absolute Gasteiger partial charge is 0.328 e. The number of anilines is 1. The number of carbonyl (C=O) groups is 1. The number of nitrogens with one attached hydrogen (secondary N) is 1. The van der Waals surface area contributed by atoms with E-state index in [9.17, 15) is 4.79 Å². The first-order chi connectivity index (χ1) is 7.04. The molecule has 0 amide bonds. The zero-order valence-electron chi connectivity index (χ0n) is 8.27. The van der Waals surface area contributed by atoms with E-state index in [-0.39, 0.29) is 0 Å². The summed E-state index contributed by atoms with van der Waals surface area (Å²) < 4.78 is 0. The van der Waals surface area contributed by atoms with Crippen LogP contribution < -0.4 is 5.32 Å². The molecule has 0 saturated carbocycles. The van der Waals surface area contributed by atoms with Crippen LogP contribution >= 0.6 is 12.6 Å². The van der Waals surface area contributed by atoms with Gasteiger partial charge in [0.05, 0.1) is 6.61 Å². The fraction of sp³-hybridized carbons (Fsp3) is 0.300. The van der Waals surface area contributed by atoms with Crippen molar-refractivity contribution < 1.29 is 15.0 Å². The first kappa shape index (κ1) is 11.9. The standard InChI is InChI=1S/C10H13NO3S/c1-6-2-3-7(9(15)4-6)11-8(5-12)10(13)14/h2-4,8,11-12,15H,5H2,1H3,(H,13,14). The van der Waals surface area contributed by atoms with Crippen molar-refractivity contribution >= 4 is 24.3 Å². The molecule has 1 atom stereocenters. The van der Waals surface area contributed by atoms with Crippen LogP contribution in [-0.2, 0) is 4.79 Å². The highest BCUT2D eigenvalue weighted by molar-refractivity contribution is 7.80. The van der Waals surface area contributed by atoms with Gasteiger partial charge in [0.1, 0.15) is 6.04 Å². The molecule has 0 bridgehead atoms. The molecule has 0 heterocycles. The van der Waals surface area contributed by atoms with Crippen molar-refractivity contribution in [2.24, 2.45) is 0 Å². The van der Waals surface area contributed by atoms with Crippen LogP contribution in [0.4, 0.5) is 5.69 Å². The van der Waals surface area contributed by atoms with E-state index < -0.39 is 18.6 Å². The van der Waals surface area contributed by atoms with Crippen LogP contribution in [0, 0.1) is 6.92 Å². The minimum atomic E-state index is -1.09. The summed E-state index contributed by atoms with van der Waals surface area (Å²) in [4.78, 5) is 11.3. The van der Waals surface area contributed by atoms with E-state index in [0.717, 1.165) is 5.56 Å². The van der Waals surface area contributed by atoms with Gasteiger partial charge in [-0.15, -0.1) is 12.6 Å². The molecular weight excluding hydrogens is 214 g/mol. The minimum Gasteiger partial charge on any atom is -0.480 e. The molecule has 0 fully saturated rings. The summed E-state index contributed by atoms with van der Waals surface area (Å²) in [5.74, 6) is -1.09. The third-order valence-electron chi connectivity index (χ3n) is 1.96. The van der Waals surface area contributed by atoms with Crippen LogP contribution in [0.2, 0.25) is 0 Å². The maximum atomic E-state index is 10.7. The van der Waals surface area contributed by atoms with Gasteiger partial charge in [-0.2, -0.15) is 0 Å². The fourth-order valence-electron chi connectivity index (χ4n) is 1.14. The molecule has 0 aromatic heterocycles. The van der Waals surface area contributed by atoms with Gasteiger partial charge < -0.3 is 15.5 Å². The number of carboxylic acid groups (broad SMARTS) is 1. The molecule has 0 spiro atoms. The predicted molar refractivity (Wildman–Crippen MR) is 60.6 cm³/mol. The Bertz CT molecular complexity index is 368. The fourth-order valence-corrected chi connectivity index (χ4v) is 1.48. The third kappa shape index (κ3) is 3.14. The molecule has 1 aromatic rings. The molecular formula is C10H13NO3S. The molecule has 1 unspecified atom stereocenters. The average molecular weight is 227 g/mol. The Hall–Kier alpha value is -1.20. The number of hydrogen-bond acceptors (Lipinski definition) is 4. The van der Waals surface area contributed by atoms with Gasteiger partial charge in [-0.1, -0.05) is 6.07 Å². The highest BCUT2D eigenvalue weighted by Crippen LogP contribution is 2.21. The van der Waals surface area contributed by atoms with Crippen molar-refractivity contribution in [3.8, 4) is 0 Å².